The Balaban J connectivity index is 1.39. The lowest BCUT2D eigenvalue weighted by atomic mass is 10.0. The van der Waals surface area contributed by atoms with Crippen LogP contribution in [-0.2, 0) is 0 Å². The van der Waals surface area contributed by atoms with Crippen molar-refractivity contribution < 1.29 is 0 Å². The van der Waals surface area contributed by atoms with Crippen LogP contribution in [0.15, 0.2) is 134 Å². The normalized spacial score (nSPS) is 11.4. The molecule has 41 heavy (non-hydrogen) atoms. The molecule has 0 saturated heterocycles. The first-order chi connectivity index (χ1) is 20.3. The van der Waals surface area contributed by atoms with Gasteiger partial charge in [0, 0.05) is 33.8 Å². The Bertz CT molecular complexity index is 2130. The van der Waals surface area contributed by atoms with Crippen LogP contribution >= 0.6 is 0 Å². The zero-order valence-electron chi connectivity index (χ0n) is 21.9. The summed E-state index contributed by atoms with van der Waals surface area (Å²) >= 11 is 0. The molecule has 0 atom stereocenters. The van der Waals surface area contributed by atoms with Crippen LogP contribution in [0.25, 0.3) is 73.0 Å². The van der Waals surface area contributed by atoms with Gasteiger partial charge in [-0.2, -0.15) is 0 Å². The van der Waals surface area contributed by atoms with Gasteiger partial charge < -0.3 is 0 Å². The second-order valence-electron chi connectivity index (χ2n) is 9.83. The molecule has 8 aromatic rings. The second-order valence-corrected chi connectivity index (χ2v) is 9.83. The van der Waals surface area contributed by atoms with E-state index in [1.807, 2.05) is 115 Å². The van der Waals surface area contributed by atoms with E-state index in [0.29, 0.717) is 17.5 Å². The molecule has 0 aliphatic rings. The second kappa shape index (κ2) is 9.47. The summed E-state index contributed by atoms with van der Waals surface area (Å²) in [4.78, 5) is 24.9. The summed E-state index contributed by atoms with van der Waals surface area (Å²) in [6.07, 6.45) is 2.04. The van der Waals surface area contributed by atoms with E-state index in [4.69, 9.17) is 24.9 Å². The third-order valence-corrected chi connectivity index (χ3v) is 7.24. The van der Waals surface area contributed by atoms with E-state index in [-0.39, 0.29) is 0 Å². The molecule has 4 aromatic carbocycles. The summed E-state index contributed by atoms with van der Waals surface area (Å²) in [5.41, 5.74) is 8.30. The maximum Gasteiger partial charge on any atom is 0.164 e. The monoisotopic (exact) mass is 526 g/mol. The molecule has 0 saturated carbocycles. The Hall–Kier alpha value is -5.75. The average Bonchev–Trinajstić information content (AvgIpc) is 3.45. The topological polar surface area (TPSA) is 68.9 Å². The van der Waals surface area contributed by atoms with Crippen molar-refractivity contribution in [1.29, 1.82) is 0 Å². The summed E-state index contributed by atoms with van der Waals surface area (Å²) in [6, 6.07) is 42.5. The van der Waals surface area contributed by atoms with E-state index in [9.17, 15) is 0 Å². The largest absolute Gasteiger partial charge is 0.298 e. The summed E-state index contributed by atoms with van der Waals surface area (Å²) in [6.45, 7) is 0. The molecule has 6 nitrogen and oxygen atoms in total. The Morgan fingerprint density at radius 2 is 1.00 bits per heavy atom. The molecule has 0 N–H and O–H groups in total. The van der Waals surface area contributed by atoms with Gasteiger partial charge in [0.15, 0.2) is 17.5 Å². The minimum atomic E-state index is 0.601. The highest BCUT2D eigenvalue weighted by atomic mass is 15.0. The van der Waals surface area contributed by atoms with E-state index in [1.165, 1.54) is 0 Å². The molecule has 0 amide bonds. The minimum Gasteiger partial charge on any atom is -0.298 e. The van der Waals surface area contributed by atoms with Gasteiger partial charge in [-0.3, -0.25) is 4.40 Å². The van der Waals surface area contributed by atoms with E-state index >= 15 is 0 Å². The quantitative estimate of drug-likeness (QED) is 0.233. The van der Waals surface area contributed by atoms with Crippen molar-refractivity contribution in [1.82, 2.24) is 29.3 Å². The Kier molecular flexibility index (Phi) is 5.35. The first-order valence-electron chi connectivity index (χ1n) is 13.5. The third-order valence-electron chi connectivity index (χ3n) is 7.24. The minimum absolute atomic E-state index is 0.601. The van der Waals surface area contributed by atoms with Crippen LogP contribution in [0.1, 0.15) is 0 Å². The van der Waals surface area contributed by atoms with Gasteiger partial charge in [-0.25, -0.2) is 24.9 Å². The summed E-state index contributed by atoms with van der Waals surface area (Å²) in [7, 11) is 0. The molecule has 0 spiro atoms. The molecule has 0 bridgehead atoms. The van der Waals surface area contributed by atoms with Crippen LogP contribution in [0.4, 0.5) is 0 Å². The zero-order valence-corrected chi connectivity index (χ0v) is 21.9. The van der Waals surface area contributed by atoms with Gasteiger partial charge in [-0.1, -0.05) is 97.1 Å². The third kappa shape index (κ3) is 4.01. The SMILES string of the molecule is c1ccc(-c2nc(-c3ccccc3)nc(-c3ccc4nc(-c5ccccc5)c5c(nc6ccccn65)c4c3)n2)cc1. The summed E-state index contributed by atoms with van der Waals surface area (Å²) < 4.78 is 2.11. The lowest BCUT2D eigenvalue weighted by Gasteiger charge is -2.10. The van der Waals surface area contributed by atoms with Crippen LogP contribution in [0.2, 0.25) is 0 Å². The molecule has 4 heterocycles. The molecule has 0 aliphatic heterocycles. The van der Waals surface area contributed by atoms with Crippen molar-refractivity contribution in [2.75, 3.05) is 0 Å². The molecule has 6 heteroatoms. The van der Waals surface area contributed by atoms with Gasteiger partial charge in [0.2, 0.25) is 0 Å². The van der Waals surface area contributed by atoms with Crippen molar-refractivity contribution in [3.8, 4) is 45.4 Å². The number of pyridine rings is 2. The number of hydrogen-bond donors (Lipinski definition) is 0. The lowest BCUT2D eigenvalue weighted by molar-refractivity contribution is 1.07. The van der Waals surface area contributed by atoms with Crippen LogP contribution in [0, 0.1) is 0 Å². The van der Waals surface area contributed by atoms with Gasteiger partial charge in [0.1, 0.15) is 11.2 Å². The summed E-state index contributed by atoms with van der Waals surface area (Å²) in [5.74, 6) is 1.86. The fraction of sp³-hybridized carbons (Fsp3) is 0. The van der Waals surface area contributed by atoms with Crippen molar-refractivity contribution in [3.05, 3.63) is 134 Å². The van der Waals surface area contributed by atoms with Gasteiger partial charge in [0.25, 0.3) is 0 Å². The molecule has 4 aromatic heterocycles. The number of benzene rings is 4. The van der Waals surface area contributed by atoms with E-state index in [1.54, 1.807) is 0 Å². The molecule has 0 radical (unpaired) electrons. The van der Waals surface area contributed by atoms with Gasteiger partial charge >= 0.3 is 0 Å². The van der Waals surface area contributed by atoms with Crippen LogP contribution in [-0.4, -0.2) is 29.3 Å². The van der Waals surface area contributed by atoms with Crippen molar-refractivity contribution in [2.24, 2.45) is 0 Å². The Labute approximate surface area is 235 Å². The van der Waals surface area contributed by atoms with Crippen LogP contribution in [0.5, 0.6) is 0 Å². The number of nitrogens with zero attached hydrogens (tertiary/aromatic N) is 6. The average molecular weight is 527 g/mol. The number of hydrogen-bond acceptors (Lipinski definition) is 5. The van der Waals surface area contributed by atoms with E-state index < -0.39 is 0 Å². The standard InChI is InChI=1S/C35H22N6/c1-4-12-23(13-5-1)30-32-31(37-29-18-10-11-21-41(29)32)27-22-26(19-20-28(27)36-30)35-39-33(24-14-6-2-7-15-24)38-34(40-35)25-16-8-3-9-17-25/h1-22H. The lowest BCUT2D eigenvalue weighted by Crippen LogP contribution is -2.00. The maximum atomic E-state index is 5.15. The predicted octanol–water partition coefficient (Wildman–Crippen LogP) is 7.89. The molecule has 8 rings (SSSR count). The Morgan fingerprint density at radius 3 is 1.63 bits per heavy atom. The molecule has 0 unspecified atom stereocenters. The first-order valence-corrected chi connectivity index (χ1v) is 13.5. The predicted molar refractivity (Wildman–Crippen MR) is 163 cm³/mol. The number of imidazole rings is 1. The fourth-order valence-electron chi connectivity index (χ4n) is 5.28. The van der Waals surface area contributed by atoms with Gasteiger partial charge in [-0.15, -0.1) is 0 Å². The zero-order chi connectivity index (χ0) is 27.2. The first kappa shape index (κ1) is 23.2. The number of rotatable bonds is 4. The van der Waals surface area contributed by atoms with E-state index in [2.05, 4.69) is 22.6 Å². The van der Waals surface area contributed by atoms with Crippen LogP contribution < -0.4 is 0 Å². The molecule has 192 valence electrons. The number of aromatic nitrogens is 6. The van der Waals surface area contributed by atoms with Gasteiger partial charge in [-0.05, 0) is 30.3 Å². The maximum absolute atomic E-state index is 5.15. The van der Waals surface area contributed by atoms with Crippen molar-refractivity contribution >= 4 is 27.6 Å². The Morgan fingerprint density at radius 1 is 0.439 bits per heavy atom. The highest BCUT2D eigenvalue weighted by Crippen LogP contribution is 2.35. The summed E-state index contributed by atoms with van der Waals surface area (Å²) in [5, 5.41) is 0.948. The highest BCUT2D eigenvalue weighted by molar-refractivity contribution is 6.09. The smallest absolute Gasteiger partial charge is 0.164 e. The van der Waals surface area contributed by atoms with E-state index in [0.717, 1.165) is 55.5 Å². The van der Waals surface area contributed by atoms with Crippen molar-refractivity contribution in [2.45, 2.75) is 0 Å². The molecular formula is C35H22N6. The van der Waals surface area contributed by atoms with Crippen molar-refractivity contribution in [3.63, 3.8) is 0 Å². The van der Waals surface area contributed by atoms with Gasteiger partial charge in [0.05, 0.1) is 16.7 Å². The fourth-order valence-corrected chi connectivity index (χ4v) is 5.28. The number of fused-ring (bicyclic) bond motifs is 5. The van der Waals surface area contributed by atoms with Crippen LogP contribution in [0.3, 0.4) is 0 Å². The molecular weight excluding hydrogens is 504 g/mol. The molecule has 0 fully saturated rings. The molecule has 0 aliphatic carbocycles. The highest BCUT2D eigenvalue weighted by Gasteiger charge is 2.18.